The number of aliphatic hydroxyl groups is 1. The first-order valence-corrected chi connectivity index (χ1v) is 4.51. The number of hydrogen-bond acceptors (Lipinski definition) is 4. The molecule has 13 heavy (non-hydrogen) atoms. The van der Waals surface area contributed by atoms with Gasteiger partial charge in [-0.05, 0) is 33.6 Å². The second-order valence-corrected chi connectivity index (χ2v) is 3.71. The highest BCUT2D eigenvalue weighted by Crippen LogP contribution is 2.11. The lowest BCUT2D eigenvalue weighted by molar-refractivity contribution is -0.145. The van der Waals surface area contributed by atoms with E-state index < -0.39 is 17.6 Å². The summed E-state index contributed by atoms with van der Waals surface area (Å²) in [6.07, 6.45) is 0.940. The van der Waals surface area contributed by atoms with E-state index in [0.29, 0.717) is 19.4 Å². The van der Waals surface area contributed by atoms with Crippen LogP contribution in [0.1, 0.15) is 33.6 Å². The lowest BCUT2D eigenvalue weighted by Gasteiger charge is -2.18. The quantitative estimate of drug-likeness (QED) is 0.615. The van der Waals surface area contributed by atoms with Gasteiger partial charge in [-0.2, -0.15) is 0 Å². The Kier molecular flexibility index (Phi) is 4.95. The van der Waals surface area contributed by atoms with Gasteiger partial charge >= 0.3 is 5.97 Å². The van der Waals surface area contributed by atoms with Gasteiger partial charge in [-0.25, -0.2) is 0 Å². The molecule has 0 heterocycles. The second kappa shape index (κ2) is 5.19. The van der Waals surface area contributed by atoms with Gasteiger partial charge in [0.1, 0.15) is 6.04 Å². The summed E-state index contributed by atoms with van der Waals surface area (Å²) in [6.45, 7) is 5.45. The van der Waals surface area contributed by atoms with E-state index >= 15 is 0 Å². The zero-order valence-corrected chi connectivity index (χ0v) is 8.54. The van der Waals surface area contributed by atoms with Crippen LogP contribution in [0.5, 0.6) is 0 Å². The molecule has 0 radical (unpaired) electrons. The van der Waals surface area contributed by atoms with E-state index in [9.17, 15) is 9.90 Å². The molecular formula is C9H19NO3. The third-order valence-electron chi connectivity index (χ3n) is 1.66. The highest BCUT2D eigenvalue weighted by molar-refractivity contribution is 5.75. The molecule has 3 N–H and O–H groups in total. The van der Waals surface area contributed by atoms with Crippen LogP contribution >= 0.6 is 0 Å². The van der Waals surface area contributed by atoms with Gasteiger partial charge in [-0.15, -0.1) is 0 Å². The Hall–Kier alpha value is -0.610. The Morgan fingerprint density at radius 2 is 2.15 bits per heavy atom. The molecule has 0 aliphatic heterocycles. The summed E-state index contributed by atoms with van der Waals surface area (Å²) in [5.74, 6) is -0.397. The van der Waals surface area contributed by atoms with Crippen molar-refractivity contribution in [2.24, 2.45) is 5.73 Å². The van der Waals surface area contributed by atoms with Crippen molar-refractivity contribution in [3.8, 4) is 0 Å². The van der Waals surface area contributed by atoms with Gasteiger partial charge < -0.3 is 15.6 Å². The first kappa shape index (κ1) is 12.4. The van der Waals surface area contributed by atoms with E-state index in [2.05, 4.69) is 0 Å². The molecule has 4 heteroatoms. The third kappa shape index (κ3) is 6.54. The Balaban J connectivity index is 3.74. The molecule has 0 aromatic heterocycles. The fourth-order valence-electron chi connectivity index (χ4n) is 0.876. The Bertz CT molecular complexity index is 163. The summed E-state index contributed by atoms with van der Waals surface area (Å²) in [6, 6.07) is -0.619. The molecule has 1 unspecified atom stereocenters. The van der Waals surface area contributed by atoms with Crippen molar-refractivity contribution in [3.05, 3.63) is 0 Å². The van der Waals surface area contributed by atoms with Crippen LogP contribution in [-0.4, -0.2) is 29.3 Å². The number of rotatable bonds is 5. The van der Waals surface area contributed by atoms with Crippen molar-refractivity contribution in [1.82, 2.24) is 0 Å². The molecule has 0 aliphatic carbocycles. The van der Waals surface area contributed by atoms with Crippen LogP contribution in [0.25, 0.3) is 0 Å². The number of hydrogen-bond donors (Lipinski definition) is 2. The predicted molar refractivity (Wildman–Crippen MR) is 50.1 cm³/mol. The van der Waals surface area contributed by atoms with E-state index in [-0.39, 0.29) is 0 Å². The number of carbonyl (C=O) groups excluding carboxylic acids is 1. The minimum absolute atomic E-state index is 0.342. The van der Waals surface area contributed by atoms with Gasteiger partial charge in [0.25, 0.3) is 0 Å². The molecule has 1 atom stereocenters. The molecular weight excluding hydrogens is 170 g/mol. The van der Waals surface area contributed by atoms with Crippen LogP contribution in [-0.2, 0) is 9.53 Å². The van der Waals surface area contributed by atoms with Crippen molar-refractivity contribution in [2.75, 3.05) is 6.61 Å². The highest BCUT2D eigenvalue weighted by atomic mass is 16.5. The van der Waals surface area contributed by atoms with Crippen molar-refractivity contribution in [1.29, 1.82) is 0 Å². The Morgan fingerprint density at radius 1 is 1.62 bits per heavy atom. The molecule has 0 saturated carbocycles. The maximum atomic E-state index is 11.0. The van der Waals surface area contributed by atoms with E-state index in [1.807, 2.05) is 0 Å². The fraction of sp³-hybridized carbons (Fsp3) is 0.889. The van der Waals surface area contributed by atoms with Gasteiger partial charge in [0.05, 0.1) is 12.2 Å². The van der Waals surface area contributed by atoms with Crippen LogP contribution in [0.2, 0.25) is 0 Å². The van der Waals surface area contributed by atoms with Crippen LogP contribution in [0.15, 0.2) is 0 Å². The number of esters is 1. The zero-order chi connectivity index (χ0) is 10.5. The Labute approximate surface area is 79.1 Å². The largest absolute Gasteiger partial charge is 0.465 e. The van der Waals surface area contributed by atoms with Gasteiger partial charge in [-0.3, -0.25) is 4.79 Å². The molecule has 0 amide bonds. The average molecular weight is 189 g/mol. The lowest BCUT2D eigenvalue weighted by Crippen LogP contribution is -2.34. The number of ether oxygens (including phenoxy) is 1. The van der Waals surface area contributed by atoms with E-state index in [0.717, 1.165) is 0 Å². The zero-order valence-electron chi connectivity index (χ0n) is 8.54. The van der Waals surface area contributed by atoms with Crippen LogP contribution in [0.3, 0.4) is 0 Å². The molecule has 0 spiro atoms. The summed E-state index contributed by atoms with van der Waals surface area (Å²) in [5.41, 5.74) is 4.75. The minimum atomic E-state index is -0.774. The summed E-state index contributed by atoms with van der Waals surface area (Å²) >= 11 is 0. The molecule has 4 nitrogen and oxygen atoms in total. The molecule has 0 aromatic rings. The maximum absolute atomic E-state index is 11.0. The van der Waals surface area contributed by atoms with E-state index in [4.69, 9.17) is 10.5 Å². The normalized spacial score (nSPS) is 13.9. The molecule has 0 bridgehead atoms. The first-order valence-electron chi connectivity index (χ1n) is 4.51. The van der Waals surface area contributed by atoms with Crippen LogP contribution < -0.4 is 5.73 Å². The van der Waals surface area contributed by atoms with Gasteiger partial charge in [0.15, 0.2) is 0 Å². The summed E-state index contributed by atoms with van der Waals surface area (Å²) < 4.78 is 4.72. The molecule has 78 valence electrons. The topological polar surface area (TPSA) is 72.5 Å². The third-order valence-corrected chi connectivity index (χ3v) is 1.66. The number of nitrogens with two attached hydrogens (primary N) is 1. The van der Waals surface area contributed by atoms with E-state index in [1.165, 1.54) is 0 Å². The summed E-state index contributed by atoms with van der Waals surface area (Å²) in [7, 11) is 0. The minimum Gasteiger partial charge on any atom is -0.465 e. The second-order valence-electron chi connectivity index (χ2n) is 3.71. The van der Waals surface area contributed by atoms with Crippen molar-refractivity contribution >= 4 is 5.97 Å². The van der Waals surface area contributed by atoms with Crippen LogP contribution in [0.4, 0.5) is 0 Å². The predicted octanol–water partition coefficient (Wildman–Crippen LogP) is 0.428. The molecule has 0 aromatic carbocycles. The Morgan fingerprint density at radius 3 is 2.54 bits per heavy atom. The fourth-order valence-corrected chi connectivity index (χ4v) is 0.876. The highest BCUT2D eigenvalue weighted by Gasteiger charge is 2.19. The van der Waals surface area contributed by atoms with Gasteiger partial charge in [-0.1, -0.05) is 0 Å². The smallest absolute Gasteiger partial charge is 0.322 e. The molecule has 0 aliphatic rings. The number of carbonyl (C=O) groups is 1. The molecule has 0 saturated heterocycles. The van der Waals surface area contributed by atoms with Crippen molar-refractivity contribution in [3.63, 3.8) is 0 Å². The van der Waals surface area contributed by atoms with Gasteiger partial charge in [0.2, 0.25) is 0 Å². The maximum Gasteiger partial charge on any atom is 0.322 e. The average Bonchev–Trinajstić information content (AvgIpc) is 1.99. The standard InChI is InChI=1S/C9H19NO3/c1-4-13-8(11)7(10)5-6-9(2,3)12/h7,12H,4-6,10H2,1-3H3. The van der Waals surface area contributed by atoms with Crippen molar-refractivity contribution < 1.29 is 14.6 Å². The monoisotopic (exact) mass is 189 g/mol. The lowest BCUT2D eigenvalue weighted by atomic mass is 10.00. The van der Waals surface area contributed by atoms with E-state index in [1.54, 1.807) is 20.8 Å². The van der Waals surface area contributed by atoms with Crippen LogP contribution in [0, 0.1) is 0 Å². The molecule has 0 fully saturated rings. The van der Waals surface area contributed by atoms with Crippen molar-refractivity contribution in [2.45, 2.75) is 45.3 Å². The van der Waals surface area contributed by atoms with Gasteiger partial charge in [0, 0.05) is 0 Å². The first-order chi connectivity index (χ1) is 5.87. The SMILES string of the molecule is CCOC(=O)C(N)CCC(C)(C)O. The summed E-state index contributed by atoms with van der Waals surface area (Å²) in [4.78, 5) is 11.0. The molecule has 0 rings (SSSR count). The summed E-state index contributed by atoms with van der Waals surface area (Å²) in [5, 5.41) is 9.37.